The van der Waals surface area contributed by atoms with Gasteiger partial charge in [0.15, 0.2) is 0 Å². The van der Waals surface area contributed by atoms with E-state index < -0.39 is 0 Å². The molecule has 2 rings (SSSR count). The highest BCUT2D eigenvalue weighted by Gasteiger charge is 2.32. The van der Waals surface area contributed by atoms with Crippen molar-refractivity contribution < 1.29 is 0 Å². The molecule has 1 atom stereocenters. The topological polar surface area (TPSA) is 29.3 Å². The summed E-state index contributed by atoms with van der Waals surface area (Å²) in [5, 5.41) is 0.810. The number of nitrogens with zero attached hydrogens (tertiary/aromatic N) is 1. The third kappa shape index (κ3) is 3.87. The van der Waals surface area contributed by atoms with Gasteiger partial charge < -0.3 is 10.6 Å². The minimum atomic E-state index is 0.443. The van der Waals surface area contributed by atoms with E-state index in [0.29, 0.717) is 5.41 Å². The molecule has 0 aromatic carbocycles. The van der Waals surface area contributed by atoms with Crippen LogP contribution in [0.15, 0.2) is 0 Å². The molecule has 2 aliphatic rings. The van der Waals surface area contributed by atoms with Gasteiger partial charge in [-0.1, -0.05) is 32.6 Å². The van der Waals surface area contributed by atoms with Gasteiger partial charge in [-0.2, -0.15) is 11.8 Å². The molecular weight excluding hydrogens is 228 g/mol. The van der Waals surface area contributed by atoms with E-state index in [1.165, 1.54) is 63.9 Å². The second kappa shape index (κ2) is 6.44. The van der Waals surface area contributed by atoms with Crippen LogP contribution in [0.1, 0.15) is 45.4 Å². The zero-order chi connectivity index (χ0) is 12.1. The summed E-state index contributed by atoms with van der Waals surface area (Å²) in [6.45, 7) is 7.06. The summed E-state index contributed by atoms with van der Waals surface area (Å²) >= 11 is 2.12. The minimum absolute atomic E-state index is 0.443. The first-order valence-corrected chi connectivity index (χ1v) is 8.33. The zero-order valence-corrected chi connectivity index (χ0v) is 12.1. The van der Waals surface area contributed by atoms with E-state index in [9.17, 15) is 0 Å². The smallest absolute Gasteiger partial charge is 0.0147 e. The van der Waals surface area contributed by atoms with E-state index in [2.05, 4.69) is 23.6 Å². The largest absolute Gasteiger partial charge is 0.330 e. The Morgan fingerprint density at radius 3 is 2.53 bits per heavy atom. The summed E-state index contributed by atoms with van der Waals surface area (Å²) in [6, 6.07) is 0. The van der Waals surface area contributed by atoms with Crippen molar-refractivity contribution in [1.82, 2.24) is 4.90 Å². The summed E-state index contributed by atoms with van der Waals surface area (Å²) in [4.78, 5) is 2.68. The molecule has 0 amide bonds. The number of rotatable bonds is 3. The van der Waals surface area contributed by atoms with Gasteiger partial charge in [0.25, 0.3) is 0 Å². The Balaban J connectivity index is 1.92. The van der Waals surface area contributed by atoms with Crippen molar-refractivity contribution in [3.8, 4) is 0 Å². The highest BCUT2D eigenvalue weighted by atomic mass is 32.2. The van der Waals surface area contributed by atoms with Crippen molar-refractivity contribution in [1.29, 1.82) is 0 Å². The Labute approximate surface area is 111 Å². The molecule has 0 bridgehead atoms. The predicted octanol–water partition coefficient (Wildman–Crippen LogP) is 2.72. The van der Waals surface area contributed by atoms with E-state index in [1.54, 1.807) is 0 Å². The first kappa shape index (κ1) is 13.7. The SMILES string of the molecule is CC1CN(CC2(CN)CCCCCC2)CCS1. The maximum absolute atomic E-state index is 6.13. The zero-order valence-electron chi connectivity index (χ0n) is 11.3. The number of hydrogen-bond donors (Lipinski definition) is 1. The van der Waals surface area contributed by atoms with Gasteiger partial charge in [-0.05, 0) is 24.8 Å². The quantitative estimate of drug-likeness (QED) is 0.787. The molecular formula is C14H28N2S. The molecule has 2 N–H and O–H groups in total. The van der Waals surface area contributed by atoms with Crippen LogP contribution in [0.4, 0.5) is 0 Å². The number of thioether (sulfide) groups is 1. The van der Waals surface area contributed by atoms with Crippen LogP contribution in [0.2, 0.25) is 0 Å². The molecule has 0 aromatic heterocycles. The lowest BCUT2D eigenvalue weighted by Crippen LogP contribution is -2.46. The van der Waals surface area contributed by atoms with E-state index in [0.717, 1.165) is 11.8 Å². The molecule has 3 heteroatoms. The van der Waals surface area contributed by atoms with Crippen LogP contribution in [-0.4, -0.2) is 42.1 Å². The van der Waals surface area contributed by atoms with Crippen molar-refractivity contribution in [2.24, 2.45) is 11.1 Å². The average molecular weight is 256 g/mol. The summed E-state index contributed by atoms with van der Waals surface area (Å²) in [5.74, 6) is 1.31. The highest BCUT2D eigenvalue weighted by molar-refractivity contribution is 7.99. The van der Waals surface area contributed by atoms with Gasteiger partial charge in [-0.25, -0.2) is 0 Å². The van der Waals surface area contributed by atoms with E-state index >= 15 is 0 Å². The number of nitrogens with two attached hydrogens (primary N) is 1. The summed E-state index contributed by atoms with van der Waals surface area (Å²) in [5.41, 5.74) is 6.57. The molecule has 1 aliphatic carbocycles. The third-order valence-corrected chi connectivity index (χ3v) is 5.62. The predicted molar refractivity (Wildman–Crippen MR) is 77.5 cm³/mol. The summed E-state index contributed by atoms with van der Waals surface area (Å²) < 4.78 is 0. The monoisotopic (exact) mass is 256 g/mol. The van der Waals surface area contributed by atoms with Crippen LogP contribution in [0.25, 0.3) is 0 Å². The standard InChI is InChI=1S/C14H28N2S/c1-13-10-16(8-9-17-13)12-14(11-15)6-4-2-3-5-7-14/h13H,2-12,15H2,1H3. The first-order chi connectivity index (χ1) is 8.24. The molecule has 0 aromatic rings. The van der Waals surface area contributed by atoms with Crippen LogP contribution in [0.3, 0.4) is 0 Å². The lowest BCUT2D eigenvalue weighted by Gasteiger charge is -2.40. The molecule has 0 radical (unpaired) electrons. The Morgan fingerprint density at radius 2 is 1.94 bits per heavy atom. The van der Waals surface area contributed by atoms with Gasteiger partial charge in [-0.3, -0.25) is 0 Å². The fourth-order valence-electron chi connectivity index (χ4n) is 3.41. The molecule has 1 heterocycles. The van der Waals surface area contributed by atoms with Gasteiger partial charge in [0.2, 0.25) is 0 Å². The van der Waals surface area contributed by atoms with E-state index in [-0.39, 0.29) is 0 Å². The fraction of sp³-hybridized carbons (Fsp3) is 1.00. The van der Waals surface area contributed by atoms with Crippen molar-refractivity contribution in [2.75, 3.05) is 31.9 Å². The van der Waals surface area contributed by atoms with Crippen molar-refractivity contribution in [3.05, 3.63) is 0 Å². The maximum Gasteiger partial charge on any atom is 0.0147 e. The molecule has 0 spiro atoms. The third-order valence-electron chi connectivity index (χ3n) is 4.48. The summed E-state index contributed by atoms with van der Waals surface area (Å²) in [6.07, 6.45) is 8.37. The lowest BCUT2D eigenvalue weighted by atomic mass is 9.80. The number of hydrogen-bond acceptors (Lipinski definition) is 3. The Hall–Kier alpha value is 0.270. The molecule has 2 fully saturated rings. The van der Waals surface area contributed by atoms with E-state index in [4.69, 9.17) is 5.73 Å². The van der Waals surface area contributed by atoms with Crippen molar-refractivity contribution >= 4 is 11.8 Å². The van der Waals surface area contributed by atoms with Gasteiger partial charge in [-0.15, -0.1) is 0 Å². The van der Waals surface area contributed by atoms with Crippen LogP contribution in [-0.2, 0) is 0 Å². The van der Waals surface area contributed by atoms with Crippen LogP contribution in [0, 0.1) is 5.41 Å². The first-order valence-electron chi connectivity index (χ1n) is 7.28. The van der Waals surface area contributed by atoms with Crippen molar-refractivity contribution in [3.63, 3.8) is 0 Å². The second-order valence-electron chi connectivity index (χ2n) is 6.03. The van der Waals surface area contributed by atoms with Gasteiger partial charge in [0, 0.05) is 30.6 Å². The normalized spacial score (nSPS) is 31.1. The maximum atomic E-state index is 6.13. The molecule has 1 unspecified atom stereocenters. The van der Waals surface area contributed by atoms with Gasteiger partial charge in [0.05, 0.1) is 0 Å². The minimum Gasteiger partial charge on any atom is -0.330 e. The molecule has 1 saturated carbocycles. The van der Waals surface area contributed by atoms with E-state index in [1.807, 2.05) is 0 Å². The molecule has 1 aliphatic heterocycles. The Morgan fingerprint density at radius 1 is 1.24 bits per heavy atom. The highest BCUT2D eigenvalue weighted by Crippen LogP contribution is 2.35. The van der Waals surface area contributed by atoms with Crippen molar-refractivity contribution in [2.45, 2.75) is 50.7 Å². The van der Waals surface area contributed by atoms with Crippen LogP contribution >= 0.6 is 11.8 Å². The lowest BCUT2D eigenvalue weighted by molar-refractivity contribution is 0.140. The van der Waals surface area contributed by atoms with Gasteiger partial charge >= 0.3 is 0 Å². The Kier molecular flexibility index (Phi) is 5.19. The fourth-order valence-corrected chi connectivity index (χ4v) is 4.50. The second-order valence-corrected chi connectivity index (χ2v) is 7.58. The molecule has 1 saturated heterocycles. The van der Waals surface area contributed by atoms with Crippen LogP contribution < -0.4 is 5.73 Å². The molecule has 2 nitrogen and oxygen atoms in total. The average Bonchev–Trinajstić information content (AvgIpc) is 2.55. The molecule has 100 valence electrons. The van der Waals surface area contributed by atoms with Crippen LogP contribution in [0.5, 0.6) is 0 Å². The Bertz CT molecular complexity index is 224. The van der Waals surface area contributed by atoms with Gasteiger partial charge in [0.1, 0.15) is 0 Å². The summed E-state index contributed by atoms with van der Waals surface area (Å²) in [7, 11) is 0. The molecule has 17 heavy (non-hydrogen) atoms.